The number of hydrogen-bond acceptors (Lipinski definition) is 4. The van der Waals surface area contributed by atoms with Crippen molar-refractivity contribution in [3.05, 3.63) is 36.2 Å². The number of rotatable bonds is 4. The van der Waals surface area contributed by atoms with Crippen LogP contribution in [0.25, 0.3) is 11.0 Å². The van der Waals surface area contributed by atoms with E-state index in [2.05, 4.69) is 20.6 Å². The highest BCUT2D eigenvalue weighted by Gasteiger charge is 2.14. The summed E-state index contributed by atoms with van der Waals surface area (Å²) in [7, 11) is 0. The molecule has 5 nitrogen and oxygen atoms in total. The third-order valence-electron chi connectivity index (χ3n) is 3.67. The van der Waals surface area contributed by atoms with Gasteiger partial charge in [0.1, 0.15) is 0 Å². The molecular formula is C15H18N4O. The average Bonchev–Trinajstić information content (AvgIpc) is 3.00. The fraction of sp³-hybridized carbons (Fsp3) is 0.400. The van der Waals surface area contributed by atoms with Crippen molar-refractivity contribution in [3.63, 3.8) is 0 Å². The van der Waals surface area contributed by atoms with Crippen LogP contribution in [0, 0.1) is 0 Å². The van der Waals surface area contributed by atoms with Crippen LogP contribution in [-0.4, -0.2) is 35.0 Å². The molecule has 0 saturated carbocycles. The summed E-state index contributed by atoms with van der Waals surface area (Å²) in [6.07, 6.45) is 6.72. The number of benzene rings is 1. The van der Waals surface area contributed by atoms with Gasteiger partial charge >= 0.3 is 0 Å². The van der Waals surface area contributed by atoms with Crippen molar-refractivity contribution in [1.29, 1.82) is 0 Å². The monoisotopic (exact) mass is 270 g/mol. The number of fused-ring (bicyclic) bond motifs is 1. The summed E-state index contributed by atoms with van der Waals surface area (Å²) in [6, 6.07) is 5.96. The SMILES string of the molecule is O=C(NCCC1CCCN1)c1ccc2nccnc2c1. The Morgan fingerprint density at radius 1 is 1.30 bits per heavy atom. The van der Waals surface area contributed by atoms with Crippen molar-refractivity contribution >= 4 is 16.9 Å². The largest absolute Gasteiger partial charge is 0.352 e. The fourth-order valence-electron chi connectivity index (χ4n) is 2.57. The molecule has 1 aliphatic heterocycles. The molecule has 2 aromatic rings. The Morgan fingerprint density at radius 2 is 2.15 bits per heavy atom. The number of amides is 1. The van der Waals surface area contributed by atoms with E-state index in [0.29, 0.717) is 18.2 Å². The number of aromatic nitrogens is 2. The number of nitrogens with one attached hydrogen (secondary N) is 2. The first-order valence-corrected chi connectivity index (χ1v) is 7.05. The lowest BCUT2D eigenvalue weighted by Gasteiger charge is -2.10. The van der Waals surface area contributed by atoms with E-state index in [1.165, 1.54) is 12.8 Å². The molecule has 1 amide bonds. The lowest BCUT2D eigenvalue weighted by Crippen LogP contribution is -2.30. The quantitative estimate of drug-likeness (QED) is 0.883. The molecule has 2 heterocycles. The van der Waals surface area contributed by atoms with E-state index in [9.17, 15) is 4.79 Å². The van der Waals surface area contributed by atoms with Crippen molar-refractivity contribution in [1.82, 2.24) is 20.6 Å². The van der Waals surface area contributed by atoms with Gasteiger partial charge in [-0.25, -0.2) is 0 Å². The van der Waals surface area contributed by atoms with Crippen LogP contribution in [0.15, 0.2) is 30.6 Å². The lowest BCUT2D eigenvalue weighted by atomic mass is 10.1. The highest BCUT2D eigenvalue weighted by atomic mass is 16.1. The van der Waals surface area contributed by atoms with E-state index in [1.54, 1.807) is 24.5 Å². The van der Waals surface area contributed by atoms with Gasteiger partial charge in [0.2, 0.25) is 0 Å². The molecule has 1 aromatic heterocycles. The van der Waals surface area contributed by atoms with Gasteiger partial charge in [-0.15, -0.1) is 0 Å². The third-order valence-corrected chi connectivity index (χ3v) is 3.67. The Labute approximate surface area is 117 Å². The molecule has 20 heavy (non-hydrogen) atoms. The van der Waals surface area contributed by atoms with Gasteiger partial charge in [-0.2, -0.15) is 0 Å². The first kappa shape index (κ1) is 13.0. The number of nitrogens with zero attached hydrogens (tertiary/aromatic N) is 2. The topological polar surface area (TPSA) is 66.9 Å². The number of hydrogen-bond donors (Lipinski definition) is 2. The predicted molar refractivity (Wildman–Crippen MR) is 77.5 cm³/mol. The molecule has 0 bridgehead atoms. The van der Waals surface area contributed by atoms with Crippen molar-refractivity contribution in [3.8, 4) is 0 Å². The molecule has 1 saturated heterocycles. The van der Waals surface area contributed by atoms with Gasteiger partial charge in [-0.05, 0) is 44.0 Å². The molecule has 1 aromatic carbocycles. The minimum Gasteiger partial charge on any atom is -0.352 e. The fourth-order valence-corrected chi connectivity index (χ4v) is 2.57. The maximum Gasteiger partial charge on any atom is 0.251 e. The van der Waals surface area contributed by atoms with Gasteiger partial charge in [-0.1, -0.05) is 0 Å². The zero-order valence-electron chi connectivity index (χ0n) is 11.3. The van der Waals surface area contributed by atoms with E-state index in [-0.39, 0.29) is 5.91 Å². The van der Waals surface area contributed by atoms with E-state index >= 15 is 0 Å². The van der Waals surface area contributed by atoms with Crippen LogP contribution in [0.4, 0.5) is 0 Å². The van der Waals surface area contributed by atoms with Crippen LogP contribution in [0.5, 0.6) is 0 Å². The highest BCUT2D eigenvalue weighted by molar-refractivity contribution is 5.97. The Balaban J connectivity index is 1.60. The molecule has 3 rings (SSSR count). The number of carbonyl (C=O) groups is 1. The second-order valence-electron chi connectivity index (χ2n) is 5.10. The summed E-state index contributed by atoms with van der Waals surface area (Å²) in [5.74, 6) is -0.0458. The summed E-state index contributed by atoms with van der Waals surface area (Å²) in [4.78, 5) is 20.5. The normalized spacial score (nSPS) is 18.3. The molecule has 0 spiro atoms. The summed E-state index contributed by atoms with van der Waals surface area (Å²) in [6.45, 7) is 1.80. The summed E-state index contributed by atoms with van der Waals surface area (Å²) < 4.78 is 0. The van der Waals surface area contributed by atoms with E-state index < -0.39 is 0 Å². The molecule has 0 aliphatic carbocycles. The molecule has 1 aliphatic rings. The van der Waals surface area contributed by atoms with Crippen LogP contribution in [-0.2, 0) is 0 Å². The third kappa shape index (κ3) is 2.93. The minimum atomic E-state index is -0.0458. The number of carbonyl (C=O) groups excluding carboxylic acids is 1. The zero-order valence-corrected chi connectivity index (χ0v) is 11.3. The van der Waals surface area contributed by atoms with Gasteiger partial charge < -0.3 is 10.6 Å². The second kappa shape index (κ2) is 5.96. The van der Waals surface area contributed by atoms with Crippen LogP contribution in [0.3, 0.4) is 0 Å². The summed E-state index contributed by atoms with van der Waals surface area (Å²) >= 11 is 0. The minimum absolute atomic E-state index is 0.0458. The molecular weight excluding hydrogens is 252 g/mol. The molecule has 1 atom stereocenters. The van der Waals surface area contributed by atoms with Crippen LogP contribution >= 0.6 is 0 Å². The van der Waals surface area contributed by atoms with Crippen molar-refractivity contribution in [2.75, 3.05) is 13.1 Å². The summed E-state index contributed by atoms with van der Waals surface area (Å²) in [5, 5.41) is 6.39. The summed E-state index contributed by atoms with van der Waals surface area (Å²) in [5.41, 5.74) is 2.19. The Morgan fingerprint density at radius 3 is 2.95 bits per heavy atom. The van der Waals surface area contributed by atoms with Crippen molar-refractivity contribution in [2.24, 2.45) is 0 Å². The van der Waals surface area contributed by atoms with Crippen LogP contribution in [0.2, 0.25) is 0 Å². The maximum atomic E-state index is 12.1. The van der Waals surface area contributed by atoms with Gasteiger partial charge in [0, 0.05) is 30.5 Å². The lowest BCUT2D eigenvalue weighted by molar-refractivity contribution is 0.0952. The molecule has 0 radical (unpaired) electrons. The highest BCUT2D eigenvalue weighted by Crippen LogP contribution is 2.11. The standard InChI is InChI=1S/C15H18N4O/c20-15(19-7-5-12-2-1-6-16-12)11-3-4-13-14(10-11)18-9-8-17-13/h3-4,8-10,12,16H,1-2,5-7H2,(H,19,20). The molecule has 5 heteroatoms. The molecule has 2 N–H and O–H groups in total. The van der Waals surface area contributed by atoms with Gasteiger partial charge in [0.05, 0.1) is 11.0 Å². The predicted octanol–water partition coefficient (Wildman–Crippen LogP) is 1.50. The van der Waals surface area contributed by atoms with Gasteiger partial charge in [0.15, 0.2) is 0 Å². The Bertz CT molecular complexity index is 608. The first-order chi connectivity index (χ1) is 9.83. The molecule has 104 valence electrons. The first-order valence-electron chi connectivity index (χ1n) is 7.05. The Kier molecular flexibility index (Phi) is 3.87. The maximum absolute atomic E-state index is 12.1. The molecule has 1 unspecified atom stereocenters. The van der Waals surface area contributed by atoms with E-state index in [1.807, 2.05) is 6.07 Å². The second-order valence-corrected chi connectivity index (χ2v) is 5.10. The van der Waals surface area contributed by atoms with E-state index in [0.717, 1.165) is 24.0 Å². The Hall–Kier alpha value is -2.01. The zero-order chi connectivity index (χ0) is 13.8. The van der Waals surface area contributed by atoms with Crippen LogP contribution in [0.1, 0.15) is 29.6 Å². The average molecular weight is 270 g/mol. The van der Waals surface area contributed by atoms with Crippen molar-refractivity contribution < 1.29 is 4.79 Å². The van der Waals surface area contributed by atoms with E-state index in [4.69, 9.17) is 0 Å². The van der Waals surface area contributed by atoms with Crippen molar-refractivity contribution in [2.45, 2.75) is 25.3 Å². The van der Waals surface area contributed by atoms with Gasteiger partial charge in [0.25, 0.3) is 5.91 Å². The van der Waals surface area contributed by atoms with Crippen LogP contribution < -0.4 is 10.6 Å². The van der Waals surface area contributed by atoms with Gasteiger partial charge in [-0.3, -0.25) is 14.8 Å². The molecule has 1 fully saturated rings. The smallest absolute Gasteiger partial charge is 0.251 e.